The molecule has 0 heterocycles. The summed E-state index contributed by atoms with van der Waals surface area (Å²) < 4.78 is 0. The van der Waals surface area contributed by atoms with Crippen LogP contribution in [0.1, 0.15) is 6.92 Å². The standard InChI is InChI=1S/C3H5P.H3N/c1-2-3-4;/h4H2,1H3;1H3. The van der Waals surface area contributed by atoms with Crippen LogP contribution in [0.4, 0.5) is 0 Å². The third-order valence-corrected chi connectivity index (χ3v) is 0.433. The van der Waals surface area contributed by atoms with Crippen molar-refractivity contribution in [3.05, 3.63) is 0 Å². The molecule has 0 aromatic rings. The van der Waals surface area contributed by atoms with E-state index in [0.29, 0.717) is 0 Å². The minimum absolute atomic E-state index is 0. The largest absolute Gasteiger partial charge is 0.344 e. The van der Waals surface area contributed by atoms with Crippen molar-refractivity contribution in [1.82, 2.24) is 6.15 Å². The van der Waals surface area contributed by atoms with Crippen LogP contribution < -0.4 is 6.15 Å². The van der Waals surface area contributed by atoms with Crippen molar-refractivity contribution < 1.29 is 0 Å². The van der Waals surface area contributed by atoms with Crippen LogP contribution in [0, 0.1) is 11.6 Å². The van der Waals surface area contributed by atoms with Crippen LogP contribution in [-0.2, 0) is 0 Å². The van der Waals surface area contributed by atoms with Gasteiger partial charge >= 0.3 is 0 Å². The fourth-order valence-electron chi connectivity index (χ4n) is 0. The van der Waals surface area contributed by atoms with Gasteiger partial charge < -0.3 is 6.15 Å². The molecular weight excluding hydrogens is 81.0 g/mol. The van der Waals surface area contributed by atoms with E-state index in [9.17, 15) is 0 Å². The molecule has 0 aromatic carbocycles. The third kappa shape index (κ3) is 16.6. The van der Waals surface area contributed by atoms with Crippen LogP contribution in [0.2, 0.25) is 0 Å². The quantitative estimate of drug-likeness (QED) is 0.348. The minimum atomic E-state index is 0. The molecule has 0 saturated heterocycles. The molecule has 1 nitrogen and oxygen atoms in total. The smallest absolute Gasteiger partial charge is 0.00238 e. The van der Waals surface area contributed by atoms with Crippen molar-refractivity contribution in [2.45, 2.75) is 6.92 Å². The Bertz CT molecular complexity index is 43.6. The number of hydrogen-bond acceptors (Lipinski definition) is 1. The van der Waals surface area contributed by atoms with Gasteiger partial charge in [-0.05, 0) is 6.92 Å². The normalized spacial score (nSPS) is 2.80. The van der Waals surface area contributed by atoms with E-state index in [0.717, 1.165) is 0 Å². The summed E-state index contributed by atoms with van der Waals surface area (Å²) in [4.78, 5) is 0. The monoisotopic (exact) mass is 89.0 g/mol. The molecule has 2 heteroatoms. The Labute approximate surface area is 34.9 Å². The summed E-state index contributed by atoms with van der Waals surface area (Å²) in [5, 5.41) is 0. The highest BCUT2D eigenvalue weighted by Crippen LogP contribution is 1.64. The molecule has 0 aliphatic heterocycles. The van der Waals surface area contributed by atoms with Crippen molar-refractivity contribution in [1.29, 1.82) is 0 Å². The summed E-state index contributed by atoms with van der Waals surface area (Å²) in [6.07, 6.45) is 0. The van der Waals surface area contributed by atoms with Gasteiger partial charge in [-0.3, -0.25) is 0 Å². The lowest BCUT2D eigenvalue weighted by atomic mass is 10.9. The Morgan fingerprint density at radius 2 is 1.80 bits per heavy atom. The lowest BCUT2D eigenvalue weighted by Gasteiger charge is -1.40. The van der Waals surface area contributed by atoms with Gasteiger partial charge in [0.1, 0.15) is 0 Å². The van der Waals surface area contributed by atoms with E-state index in [4.69, 9.17) is 0 Å². The van der Waals surface area contributed by atoms with Crippen molar-refractivity contribution in [3.8, 4) is 11.6 Å². The zero-order valence-corrected chi connectivity index (χ0v) is 4.44. The molecule has 0 amide bonds. The van der Waals surface area contributed by atoms with Gasteiger partial charge in [-0.15, -0.1) is 5.92 Å². The van der Waals surface area contributed by atoms with Crippen molar-refractivity contribution in [3.63, 3.8) is 0 Å². The number of rotatable bonds is 0. The molecule has 0 bridgehead atoms. The molecular formula is C3H8NP. The summed E-state index contributed by atoms with van der Waals surface area (Å²) in [7, 11) is 2.29. The van der Waals surface area contributed by atoms with Gasteiger partial charge in [0.25, 0.3) is 0 Å². The van der Waals surface area contributed by atoms with Gasteiger partial charge in [0, 0.05) is 0 Å². The van der Waals surface area contributed by atoms with Gasteiger partial charge in [0.15, 0.2) is 0 Å². The zero-order chi connectivity index (χ0) is 3.41. The summed E-state index contributed by atoms with van der Waals surface area (Å²) in [6, 6.07) is 0. The molecule has 0 spiro atoms. The van der Waals surface area contributed by atoms with Gasteiger partial charge in [0.05, 0.1) is 0 Å². The first-order valence-electron chi connectivity index (χ1n) is 1.04. The second kappa shape index (κ2) is 9.04. The summed E-state index contributed by atoms with van der Waals surface area (Å²) >= 11 is 0. The third-order valence-electron chi connectivity index (χ3n) is 0.144. The molecule has 0 aromatic heterocycles. The molecule has 1 unspecified atom stereocenters. The maximum absolute atomic E-state index is 2.64. The van der Waals surface area contributed by atoms with E-state index in [1.54, 1.807) is 6.92 Å². The second-order valence-electron chi connectivity index (χ2n) is 0.394. The number of hydrogen-bond donors (Lipinski definition) is 1. The predicted octanol–water partition coefficient (Wildman–Crippen LogP) is 1.00. The molecule has 0 aliphatic carbocycles. The molecule has 3 N–H and O–H groups in total. The Balaban J connectivity index is 0. The summed E-state index contributed by atoms with van der Waals surface area (Å²) in [6.45, 7) is 1.80. The second-order valence-corrected chi connectivity index (χ2v) is 0.683. The van der Waals surface area contributed by atoms with Crippen LogP contribution in [0.15, 0.2) is 0 Å². The fourth-order valence-corrected chi connectivity index (χ4v) is 0. The lowest BCUT2D eigenvalue weighted by Crippen LogP contribution is -1.20. The predicted molar refractivity (Wildman–Crippen MR) is 28.2 cm³/mol. The highest BCUT2D eigenvalue weighted by atomic mass is 31.0. The van der Waals surface area contributed by atoms with Crippen LogP contribution in [0.25, 0.3) is 0 Å². The van der Waals surface area contributed by atoms with E-state index in [-0.39, 0.29) is 6.15 Å². The molecule has 0 fully saturated rings. The summed E-state index contributed by atoms with van der Waals surface area (Å²) in [5.41, 5.74) is 2.60. The van der Waals surface area contributed by atoms with E-state index >= 15 is 0 Å². The summed E-state index contributed by atoms with van der Waals surface area (Å²) in [5.74, 6) is 2.64. The van der Waals surface area contributed by atoms with Crippen molar-refractivity contribution in [2.24, 2.45) is 0 Å². The van der Waals surface area contributed by atoms with Crippen LogP contribution >= 0.6 is 9.24 Å². The Morgan fingerprint density at radius 3 is 1.80 bits per heavy atom. The Morgan fingerprint density at radius 1 is 1.60 bits per heavy atom. The topological polar surface area (TPSA) is 35.0 Å². The van der Waals surface area contributed by atoms with E-state index in [1.165, 1.54) is 0 Å². The zero-order valence-electron chi connectivity index (χ0n) is 3.28. The molecule has 0 rings (SSSR count). The van der Waals surface area contributed by atoms with Crippen LogP contribution in [0.5, 0.6) is 0 Å². The van der Waals surface area contributed by atoms with Crippen LogP contribution in [0.3, 0.4) is 0 Å². The average Bonchev–Trinajstić information content (AvgIpc) is 1.37. The highest BCUT2D eigenvalue weighted by molar-refractivity contribution is 7.23. The highest BCUT2D eigenvalue weighted by Gasteiger charge is 1.26. The van der Waals surface area contributed by atoms with Crippen LogP contribution in [-0.4, -0.2) is 0 Å². The fraction of sp³-hybridized carbons (Fsp3) is 0.333. The SMILES string of the molecule is CC#CP.N. The molecule has 1 atom stereocenters. The molecule has 0 aliphatic rings. The molecule has 5 heavy (non-hydrogen) atoms. The van der Waals surface area contributed by atoms with Gasteiger partial charge in [-0.25, -0.2) is 0 Å². The van der Waals surface area contributed by atoms with E-state index in [2.05, 4.69) is 20.8 Å². The Kier molecular flexibility index (Phi) is 16.0. The molecule has 0 radical (unpaired) electrons. The first-order valence-corrected chi connectivity index (χ1v) is 1.62. The van der Waals surface area contributed by atoms with Gasteiger partial charge in [-0.1, -0.05) is 14.9 Å². The molecule has 0 saturated carbocycles. The van der Waals surface area contributed by atoms with Gasteiger partial charge in [-0.2, -0.15) is 0 Å². The average molecular weight is 89.1 g/mol. The minimum Gasteiger partial charge on any atom is -0.344 e. The van der Waals surface area contributed by atoms with Gasteiger partial charge in [0.2, 0.25) is 0 Å². The first kappa shape index (κ1) is 8.87. The van der Waals surface area contributed by atoms with E-state index < -0.39 is 0 Å². The van der Waals surface area contributed by atoms with Crippen molar-refractivity contribution in [2.75, 3.05) is 0 Å². The first-order chi connectivity index (χ1) is 1.91. The van der Waals surface area contributed by atoms with E-state index in [1.807, 2.05) is 0 Å². The lowest BCUT2D eigenvalue weighted by molar-refractivity contribution is 1.94. The maximum atomic E-state index is 2.64. The van der Waals surface area contributed by atoms with Crippen molar-refractivity contribution >= 4 is 9.24 Å². The maximum Gasteiger partial charge on any atom is -0.00238 e. The Hall–Kier alpha value is -0.0500. The molecule has 30 valence electrons.